The molecule has 1 saturated heterocycles. The van der Waals surface area contributed by atoms with Crippen molar-refractivity contribution in [1.82, 2.24) is 5.32 Å². The molecule has 0 amide bonds. The first-order chi connectivity index (χ1) is 7.59. The molecule has 1 aliphatic heterocycles. The van der Waals surface area contributed by atoms with E-state index in [1.807, 2.05) is 0 Å². The number of hydrogen-bond acceptors (Lipinski definition) is 2. The van der Waals surface area contributed by atoms with Gasteiger partial charge < -0.3 is 10.4 Å². The first-order valence-electron chi connectivity index (χ1n) is 4.98. The summed E-state index contributed by atoms with van der Waals surface area (Å²) in [6, 6.07) is 4.66. The molecule has 0 bridgehead atoms. The molecule has 2 unspecified atom stereocenters. The number of rotatable bonds is 2. The van der Waals surface area contributed by atoms with Crippen LogP contribution in [0.3, 0.4) is 0 Å². The number of benzene rings is 1. The minimum atomic E-state index is -0.810. The van der Waals surface area contributed by atoms with Crippen LogP contribution in [-0.2, 0) is 4.79 Å². The molecular weight excluding hydrogens is 277 g/mol. The molecule has 3 nitrogen and oxygen atoms in total. The van der Waals surface area contributed by atoms with Crippen LogP contribution in [0.5, 0.6) is 0 Å². The number of aliphatic carboxylic acids is 1. The fourth-order valence-corrected chi connectivity index (χ4v) is 2.43. The lowest BCUT2D eigenvalue weighted by molar-refractivity contribution is -0.141. The fraction of sp³-hybridized carbons (Fsp3) is 0.364. The number of hydrogen-bond donors (Lipinski definition) is 2. The molecule has 1 aromatic rings. The predicted molar refractivity (Wildman–Crippen MR) is 60.8 cm³/mol. The third kappa shape index (κ3) is 2.10. The summed E-state index contributed by atoms with van der Waals surface area (Å²) < 4.78 is 13.4. The topological polar surface area (TPSA) is 49.3 Å². The Morgan fingerprint density at radius 1 is 1.50 bits per heavy atom. The summed E-state index contributed by atoms with van der Waals surface area (Å²) >= 11 is 3.11. The Bertz CT molecular complexity index is 424. The largest absolute Gasteiger partial charge is 0.481 e. The van der Waals surface area contributed by atoms with Crippen LogP contribution < -0.4 is 5.32 Å². The monoisotopic (exact) mass is 287 g/mol. The summed E-state index contributed by atoms with van der Waals surface area (Å²) in [5.41, 5.74) is 0.852. The van der Waals surface area contributed by atoms with Gasteiger partial charge in [0.05, 0.1) is 10.4 Å². The zero-order valence-corrected chi connectivity index (χ0v) is 10.00. The van der Waals surface area contributed by atoms with Crippen LogP contribution in [0.4, 0.5) is 4.39 Å². The molecule has 2 atom stereocenters. The van der Waals surface area contributed by atoms with Crippen LogP contribution in [0.1, 0.15) is 11.5 Å². The second-order valence-corrected chi connectivity index (χ2v) is 4.74. The van der Waals surface area contributed by atoms with Gasteiger partial charge in [0.15, 0.2) is 0 Å². The Morgan fingerprint density at radius 2 is 2.25 bits per heavy atom. The summed E-state index contributed by atoms with van der Waals surface area (Å²) in [6.07, 6.45) is 0. The Kier molecular flexibility index (Phi) is 3.25. The van der Waals surface area contributed by atoms with Crippen molar-refractivity contribution >= 4 is 21.9 Å². The van der Waals surface area contributed by atoms with E-state index in [1.165, 1.54) is 6.07 Å². The molecular formula is C11H11BrFNO2. The van der Waals surface area contributed by atoms with E-state index < -0.39 is 11.9 Å². The molecule has 0 radical (unpaired) electrons. The third-order valence-electron chi connectivity index (χ3n) is 2.90. The average Bonchev–Trinajstić information content (AvgIpc) is 2.71. The molecule has 1 heterocycles. The lowest BCUT2D eigenvalue weighted by Gasteiger charge is -2.15. The molecule has 1 aliphatic rings. The number of halogens is 2. The maximum atomic E-state index is 13.1. The van der Waals surface area contributed by atoms with Crippen molar-refractivity contribution in [2.24, 2.45) is 5.92 Å². The average molecular weight is 288 g/mol. The van der Waals surface area contributed by atoms with Gasteiger partial charge in [0, 0.05) is 19.0 Å². The predicted octanol–water partition coefficient (Wildman–Crippen LogP) is 1.98. The van der Waals surface area contributed by atoms with Crippen molar-refractivity contribution in [2.75, 3.05) is 13.1 Å². The first-order valence-corrected chi connectivity index (χ1v) is 5.77. The molecule has 0 aliphatic carbocycles. The SMILES string of the molecule is O=C(O)C1CNCC1c1ccc(F)c(Br)c1. The highest BCUT2D eigenvalue weighted by atomic mass is 79.9. The summed E-state index contributed by atoms with van der Waals surface area (Å²) in [5.74, 6) is -1.66. The lowest BCUT2D eigenvalue weighted by atomic mass is 9.89. The molecule has 0 saturated carbocycles. The standard InChI is InChI=1S/C11H11BrFNO2/c12-9-3-6(1-2-10(9)13)7-4-14-5-8(7)11(15)16/h1-3,7-8,14H,4-5H2,(H,15,16). The molecule has 86 valence electrons. The molecule has 1 fully saturated rings. The highest BCUT2D eigenvalue weighted by Crippen LogP contribution is 2.30. The van der Waals surface area contributed by atoms with E-state index in [0.717, 1.165) is 5.56 Å². The van der Waals surface area contributed by atoms with Crippen molar-refractivity contribution in [1.29, 1.82) is 0 Å². The van der Waals surface area contributed by atoms with Gasteiger partial charge in [0.2, 0.25) is 0 Å². The van der Waals surface area contributed by atoms with E-state index >= 15 is 0 Å². The van der Waals surface area contributed by atoms with E-state index in [1.54, 1.807) is 12.1 Å². The molecule has 16 heavy (non-hydrogen) atoms. The minimum Gasteiger partial charge on any atom is -0.481 e. The van der Waals surface area contributed by atoms with Gasteiger partial charge in [-0.3, -0.25) is 4.79 Å². The molecule has 0 spiro atoms. The van der Waals surface area contributed by atoms with Gasteiger partial charge in [-0.1, -0.05) is 6.07 Å². The molecule has 2 rings (SSSR count). The fourth-order valence-electron chi connectivity index (χ4n) is 2.03. The normalized spacial score (nSPS) is 24.6. The Morgan fingerprint density at radius 3 is 2.88 bits per heavy atom. The van der Waals surface area contributed by atoms with E-state index in [2.05, 4.69) is 21.2 Å². The van der Waals surface area contributed by atoms with Crippen molar-refractivity contribution in [3.8, 4) is 0 Å². The molecule has 2 N–H and O–H groups in total. The molecule has 1 aromatic carbocycles. The van der Waals surface area contributed by atoms with Gasteiger partial charge in [-0.2, -0.15) is 0 Å². The number of carbonyl (C=O) groups is 1. The van der Waals surface area contributed by atoms with Crippen molar-refractivity contribution in [3.63, 3.8) is 0 Å². The molecule has 5 heteroatoms. The summed E-state index contributed by atoms with van der Waals surface area (Å²) in [4.78, 5) is 11.0. The van der Waals surface area contributed by atoms with E-state index in [-0.39, 0.29) is 11.7 Å². The molecule has 0 aromatic heterocycles. The van der Waals surface area contributed by atoms with Crippen LogP contribution in [-0.4, -0.2) is 24.2 Å². The zero-order valence-electron chi connectivity index (χ0n) is 8.41. The van der Waals surface area contributed by atoms with Gasteiger partial charge in [0.1, 0.15) is 5.82 Å². The summed E-state index contributed by atoms with van der Waals surface area (Å²) in [7, 11) is 0. The van der Waals surface area contributed by atoms with Crippen LogP contribution in [0.2, 0.25) is 0 Å². The summed E-state index contributed by atoms with van der Waals surface area (Å²) in [6.45, 7) is 1.09. The highest BCUT2D eigenvalue weighted by molar-refractivity contribution is 9.10. The maximum Gasteiger partial charge on any atom is 0.308 e. The minimum absolute atomic E-state index is 0.0885. The Labute approximate surface area is 101 Å². The van der Waals surface area contributed by atoms with Crippen molar-refractivity contribution in [3.05, 3.63) is 34.1 Å². The van der Waals surface area contributed by atoms with Crippen molar-refractivity contribution < 1.29 is 14.3 Å². The third-order valence-corrected chi connectivity index (χ3v) is 3.51. The van der Waals surface area contributed by atoms with Gasteiger partial charge in [-0.15, -0.1) is 0 Å². The Hall–Kier alpha value is -0.940. The Balaban J connectivity index is 2.29. The quantitative estimate of drug-likeness (QED) is 0.875. The smallest absolute Gasteiger partial charge is 0.308 e. The van der Waals surface area contributed by atoms with Crippen LogP contribution in [0, 0.1) is 11.7 Å². The van der Waals surface area contributed by atoms with Gasteiger partial charge in [0.25, 0.3) is 0 Å². The lowest BCUT2D eigenvalue weighted by Crippen LogP contribution is -2.21. The highest BCUT2D eigenvalue weighted by Gasteiger charge is 2.33. The van der Waals surface area contributed by atoms with Crippen LogP contribution in [0.15, 0.2) is 22.7 Å². The number of carboxylic acids is 1. The van der Waals surface area contributed by atoms with Gasteiger partial charge >= 0.3 is 5.97 Å². The van der Waals surface area contributed by atoms with Gasteiger partial charge in [-0.05, 0) is 33.6 Å². The van der Waals surface area contributed by atoms with Crippen molar-refractivity contribution in [2.45, 2.75) is 5.92 Å². The zero-order chi connectivity index (χ0) is 11.7. The second-order valence-electron chi connectivity index (χ2n) is 3.88. The van der Waals surface area contributed by atoms with Gasteiger partial charge in [-0.25, -0.2) is 4.39 Å². The van der Waals surface area contributed by atoms with E-state index in [0.29, 0.717) is 17.6 Å². The van der Waals surface area contributed by atoms with Crippen LogP contribution >= 0.6 is 15.9 Å². The van der Waals surface area contributed by atoms with E-state index in [9.17, 15) is 9.18 Å². The maximum absolute atomic E-state index is 13.1. The first kappa shape index (κ1) is 11.5. The van der Waals surface area contributed by atoms with E-state index in [4.69, 9.17) is 5.11 Å². The number of carboxylic acid groups (broad SMARTS) is 1. The summed E-state index contributed by atoms with van der Waals surface area (Å²) in [5, 5.41) is 12.1. The van der Waals surface area contributed by atoms with Crippen LogP contribution in [0.25, 0.3) is 0 Å². The number of nitrogens with one attached hydrogen (secondary N) is 1. The second kappa shape index (κ2) is 4.51.